The van der Waals surface area contributed by atoms with Crippen molar-refractivity contribution in [2.75, 3.05) is 5.73 Å². The van der Waals surface area contributed by atoms with Crippen molar-refractivity contribution in [2.24, 2.45) is 0 Å². The molecule has 0 saturated heterocycles. The molecular weight excluding hydrogens is 214 g/mol. The Labute approximate surface area is 103 Å². The van der Waals surface area contributed by atoms with Crippen LogP contribution in [-0.2, 0) is 0 Å². The monoisotopic (exact) mass is 235 g/mol. The van der Waals surface area contributed by atoms with Crippen LogP contribution in [0.4, 0.5) is 5.69 Å². The molecular formula is C13H21N3O. The predicted molar refractivity (Wildman–Crippen MR) is 69.8 cm³/mol. The van der Waals surface area contributed by atoms with Gasteiger partial charge in [-0.15, -0.1) is 0 Å². The second-order valence-electron chi connectivity index (χ2n) is 4.62. The summed E-state index contributed by atoms with van der Waals surface area (Å²) in [5.74, 6) is -0.103. The highest BCUT2D eigenvalue weighted by molar-refractivity contribution is 5.96. The van der Waals surface area contributed by atoms with Gasteiger partial charge in [0.2, 0.25) is 0 Å². The SMILES string of the molecule is CCC(C)(CC)NC(=O)c1cc(N)cnc1C. The molecule has 0 bridgehead atoms. The quantitative estimate of drug-likeness (QED) is 0.841. The smallest absolute Gasteiger partial charge is 0.253 e. The van der Waals surface area contributed by atoms with Crippen molar-refractivity contribution in [1.82, 2.24) is 10.3 Å². The van der Waals surface area contributed by atoms with Gasteiger partial charge in [-0.1, -0.05) is 13.8 Å². The van der Waals surface area contributed by atoms with Gasteiger partial charge in [0.1, 0.15) is 0 Å². The number of carbonyl (C=O) groups excluding carboxylic acids is 1. The zero-order valence-corrected chi connectivity index (χ0v) is 11.0. The van der Waals surface area contributed by atoms with Gasteiger partial charge in [-0.25, -0.2) is 0 Å². The lowest BCUT2D eigenvalue weighted by atomic mass is 9.95. The first kappa shape index (κ1) is 13.5. The molecule has 94 valence electrons. The summed E-state index contributed by atoms with van der Waals surface area (Å²) in [6, 6.07) is 1.67. The summed E-state index contributed by atoms with van der Waals surface area (Å²) in [6.07, 6.45) is 3.35. The average Bonchev–Trinajstić information content (AvgIpc) is 2.32. The minimum atomic E-state index is -0.172. The molecule has 0 aromatic carbocycles. The lowest BCUT2D eigenvalue weighted by molar-refractivity contribution is 0.0900. The number of hydrogen-bond acceptors (Lipinski definition) is 3. The van der Waals surface area contributed by atoms with Crippen LogP contribution in [0.15, 0.2) is 12.3 Å². The van der Waals surface area contributed by atoms with Crippen LogP contribution in [0.25, 0.3) is 0 Å². The maximum atomic E-state index is 12.1. The van der Waals surface area contributed by atoms with Gasteiger partial charge in [-0.3, -0.25) is 9.78 Å². The summed E-state index contributed by atoms with van der Waals surface area (Å²) in [6.45, 7) is 7.98. The number of nitrogens with zero attached hydrogens (tertiary/aromatic N) is 1. The van der Waals surface area contributed by atoms with Gasteiger partial charge in [0.25, 0.3) is 5.91 Å². The van der Waals surface area contributed by atoms with Crippen LogP contribution in [0.5, 0.6) is 0 Å². The van der Waals surface area contributed by atoms with Crippen LogP contribution in [-0.4, -0.2) is 16.4 Å². The molecule has 1 aromatic heterocycles. The van der Waals surface area contributed by atoms with E-state index in [4.69, 9.17) is 5.73 Å². The third-order valence-corrected chi connectivity index (χ3v) is 3.33. The number of hydrogen-bond donors (Lipinski definition) is 2. The second-order valence-corrected chi connectivity index (χ2v) is 4.62. The van der Waals surface area contributed by atoms with Gasteiger partial charge in [0, 0.05) is 5.54 Å². The molecule has 0 saturated carbocycles. The number of aryl methyl sites for hydroxylation is 1. The summed E-state index contributed by atoms with van der Waals surface area (Å²) < 4.78 is 0. The number of aromatic nitrogens is 1. The first-order valence-electron chi connectivity index (χ1n) is 5.96. The van der Waals surface area contributed by atoms with Crippen LogP contribution < -0.4 is 11.1 Å². The van der Waals surface area contributed by atoms with Gasteiger partial charge in [-0.2, -0.15) is 0 Å². The fraction of sp³-hybridized carbons (Fsp3) is 0.538. The van der Waals surface area contributed by atoms with Gasteiger partial charge >= 0.3 is 0 Å². The number of amides is 1. The highest BCUT2D eigenvalue weighted by atomic mass is 16.1. The molecule has 0 fully saturated rings. The number of nitrogens with one attached hydrogen (secondary N) is 1. The van der Waals surface area contributed by atoms with E-state index in [0.717, 1.165) is 12.8 Å². The number of carbonyl (C=O) groups is 1. The molecule has 0 aliphatic carbocycles. The van der Waals surface area contributed by atoms with Crippen molar-refractivity contribution in [3.63, 3.8) is 0 Å². The Morgan fingerprint density at radius 2 is 2.06 bits per heavy atom. The zero-order chi connectivity index (χ0) is 13.1. The molecule has 1 rings (SSSR count). The maximum Gasteiger partial charge on any atom is 0.253 e. The molecule has 3 N–H and O–H groups in total. The molecule has 0 spiro atoms. The number of nitrogens with two attached hydrogens (primary N) is 1. The Balaban J connectivity index is 2.94. The fourth-order valence-corrected chi connectivity index (χ4v) is 1.55. The molecule has 0 aliphatic heterocycles. The normalized spacial score (nSPS) is 11.3. The topological polar surface area (TPSA) is 68.0 Å². The van der Waals surface area contributed by atoms with E-state index < -0.39 is 0 Å². The van der Waals surface area contributed by atoms with E-state index in [0.29, 0.717) is 16.9 Å². The summed E-state index contributed by atoms with van der Waals surface area (Å²) in [4.78, 5) is 16.2. The predicted octanol–water partition coefficient (Wildman–Crippen LogP) is 2.28. The van der Waals surface area contributed by atoms with Crippen molar-refractivity contribution in [1.29, 1.82) is 0 Å². The zero-order valence-electron chi connectivity index (χ0n) is 11.0. The van der Waals surface area contributed by atoms with Crippen molar-refractivity contribution >= 4 is 11.6 Å². The van der Waals surface area contributed by atoms with Gasteiger partial charge in [-0.05, 0) is 32.8 Å². The van der Waals surface area contributed by atoms with E-state index in [2.05, 4.69) is 24.1 Å². The summed E-state index contributed by atoms with van der Waals surface area (Å²) in [5, 5.41) is 3.04. The van der Waals surface area contributed by atoms with Crippen LogP contribution in [0.2, 0.25) is 0 Å². The van der Waals surface area contributed by atoms with Gasteiger partial charge in [0.05, 0.1) is 23.1 Å². The van der Waals surface area contributed by atoms with Gasteiger partial charge in [0.15, 0.2) is 0 Å². The number of nitrogen functional groups attached to an aromatic ring is 1. The standard InChI is InChI=1S/C13H21N3O/c1-5-13(4,6-2)16-12(17)11-7-10(14)8-15-9(11)3/h7-8H,5-6,14H2,1-4H3,(H,16,17). The Kier molecular flexibility index (Phi) is 4.10. The molecule has 0 atom stereocenters. The van der Waals surface area contributed by atoms with Crippen molar-refractivity contribution in [2.45, 2.75) is 46.1 Å². The van der Waals surface area contributed by atoms with E-state index in [9.17, 15) is 4.79 Å². The molecule has 1 heterocycles. The van der Waals surface area contributed by atoms with E-state index in [1.54, 1.807) is 12.3 Å². The molecule has 4 nitrogen and oxygen atoms in total. The van der Waals surface area contributed by atoms with E-state index in [1.807, 2.05) is 13.8 Å². The third kappa shape index (κ3) is 3.19. The summed E-state index contributed by atoms with van der Waals surface area (Å²) >= 11 is 0. The Morgan fingerprint density at radius 1 is 1.47 bits per heavy atom. The first-order chi connectivity index (χ1) is 7.91. The lowest BCUT2D eigenvalue weighted by Crippen LogP contribution is -2.45. The van der Waals surface area contributed by atoms with Crippen LogP contribution >= 0.6 is 0 Å². The summed E-state index contributed by atoms with van der Waals surface area (Å²) in [7, 11) is 0. The fourth-order valence-electron chi connectivity index (χ4n) is 1.55. The Hall–Kier alpha value is -1.58. The largest absolute Gasteiger partial charge is 0.397 e. The molecule has 1 aromatic rings. The molecule has 17 heavy (non-hydrogen) atoms. The third-order valence-electron chi connectivity index (χ3n) is 3.33. The molecule has 1 amide bonds. The lowest BCUT2D eigenvalue weighted by Gasteiger charge is -2.28. The number of rotatable bonds is 4. The van der Waals surface area contributed by atoms with Gasteiger partial charge < -0.3 is 11.1 Å². The van der Waals surface area contributed by atoms with Crippen molar-refractivity contribution in [3.8, 4) is 0 Å². The Bertz CT molecular complexity index is 411. The van der Waals surface area contributed by atoms with E-state index >= 15 is 0 Å². The minimum absolute atomic E-state index is 0.103. The minimum Gasteiger partial charge on any atom is -0.397 e. The highest BCUT2D eigenvalue weighted by Crippen LogP contribution is 2.16. The van der Waals surface area contributed by atoms with Crippen LogP contribution in [0.1, 0.15) is 49.7 Å². The average molecular weight is 235 g/mol. The Morgan fingerprint density at radius 3 is 2.59 bits per heavy atom. The molecule has 0 unspecified atom stereocenters. The highest BCUT2D eigenvalue weighted by Gasteiger charge is 2.23. The molecule has 4 heteroatoms. The first-order valence-corrected chi connectivity index (χ1v) is 5.96. The number of anilines is 1. The van der Waals surface area contributed by atoms with Crippen molar-refractivity contribution < 1.29 is 4.79 Å². The van der Waals surface area contributed by atoms with E-state index in [-0.39, 0.29) is 11.4 Å². The molecule has 0 radical (unpaired) electrons. The van der Waals surface area contributed by atoms with Crippen LogP contribution in [0, 0.1) is 6.92 Å². The van der Waals surface area contributed by atoms with Crippen LogP contribution in [0.3, 0.4) is 0 Å². The molecule has 0 aliphatic rings. The van der Waals surface area contributed by atoms with E-state index in [1.165, 1.54) is 0 Å². The summed E-state index contributed by atoms with van der Waals surface area (Å²) in [5.41, 5.74) is 7.24. The maximum absolute atomic E-state index is 12.1. The number of pyridine rings is 1. The van der Waals surface area contributed by atoms with Crippen molar-refractivity contribution in [3.05, 3.63) is 23.5 Å². The second kappa shape index (κ2) is 5.17.